The minimum Gasteiger partial charge on any atom is -0.344 e. The van der Waals surface area contributed by atoms with Gasteiger partial charge in [-0.1, -0.05) is 46.0 Å². The van der Waals surface area contributed by atoms with Gasteiger partial charge >= 0.3 is 0 Å². The van der Waals surface area contributed by atoms with Crippen molar-refractivity contribution in [2.45, 2.75) is 64.8 Å². The second kappa shape index (κ2) is 7.09. The number of amides is 2. The number of nitrogens with zero attached hydrogens (tertiary/aromatic N) is 1. The normalized spacial score (nSPS) is 26.5. The van der Waals surface area contributed by atoms with Gasteiger partial charge in [-0.2, -0.15) is 0 Å². The van der Waals surface area contributed by atoms with Crippen molar-refractivity contribution in [3.63, 3.8) is 0 Å². The standard InChI is InChI=1S/C16H28N2O2/c1-3-12(2)15-16(20)18(11-9-14(19)17-15)10-8-13-6-4-5-7-13/h12-13,15H,3-11H2,1-2H3,(H,17,19). The molecule has 1 saturated carbocycles. The first kappa shape index (κ1) is 15.3. The van der Waals surface area contributed by atoms with Crippen LogP contribution in [0.2, 0.25) is 0 Å². The number of nitrogens with one attached hydrogen (secondary N) is 1. The summed E-state index contributed by atoms with van der Waals surface area (Å²) in [4.78, 5) is 26.3. The fraction of sp³-hybridized carbons (Fsp3) is 0.875. The van der Waals surface area contributed by atoms with E-state index < -0.39 is 0 Å². The molecular formula is C16H28N2O2. The zero-order valence-corrected chi connectivity index (χ0v) is 12.9. The predicted octanol–water partition coefficient (Wildman–Crippen LogP) is 2.33. The minimum atomic E-state index is -0.321. The summed E-state index contributed by atoms with van der Waals surface area (Å²) in [5, 5.41) is 2.91. The summed E-state index contributed by atoms with van der Waals surface area (Å²) in [7, 11) is 0. The van der Waals surface area contributed by atoms with E-state index in [9.17, 15) is 9.59 Å². The average molecular weight is 280 g/mol. The maximum Gasteiger partial charge on any atom is 0.245 e. The van der Waals surface area contributed by atoms with E-state index in [0.29, 0.717) is 13.0 Å². The number of carbonyl (C=O) groups is 2. The van der Waals surface area contributed by atoms with Gasteiger partial charge in [0.05, 0.1) is 0 Å². The summed E-state index contributed by atoms with van der Waals surface area (Å²) >= 11 is 0. The Morgan fingerprint density at radius 2 is 2.00 bits per heavy atom. The summed E-state index contributed by atoms with van der Waals surface area (Å²) in [6.07, 6.45) is 7.77. The number of carbonyl (C=O) groups excluding carboxylic acids is 2. The molecule has 2 rings (SSSR count). The molecule has 1 heterocycles. The van der Waals surface area contributed by atoms with E-state index in [2.05, 4.69) is 12.2 Å². The summed E-state index contributed by atoms with van der Waals surface area (Å²) in [5.41, 5.74) is 0. The molecule has 4 heteroatoms. The van der Waals surface area contributed by atoms with Gasteiger partial charge in [-0.25, -0.2) is 0 Å². The van der Waals surface area contributed by atoms with Crippen LogP contribution in [0.5, 0.6) is 0 Å². The molecule has 0 spiro atoms. The zero-order chi connectivity index (χ0) is 14.5. The monoisotopic (exact) mass is 280 g/mol. The van der Waals surface area contributed by atoms with Crippen LogP contribution in [0.3, 0.4) is 0 Å². The Kier molecular flexibility index (Phi) is 5.44. The van der Waals surface area contributed by atoms with E-state index >= 15 is 0 Å². The molecule has 1 aliphatic carbocycles. The Morgan fingerprint density at radius 1 is 1.30 bits per heavy atom. The van der Waals surface area contributed by atoms with Crippen LogP contribution in [0.1, 0.15) is 58.8 Å². The topological polar surface area (TPSA) is 49.4 Å². The van der Waals surface area contributed by atoms with Crippen LogP contribution in [0.25, 0.3) is 0 Å². The van der Waals surface area contributed by atoms with Gasteiger partial charge in [0.15, 0.2) is 0 Å². The third kappa shape index (κ3) is 3.74. The molecule has 0 aromatic carbocycles. The van der Waals surface area contributed by atoms with Crippen molar-refractivity contribution in [1.82, 2.24) is 10.2 Å². The van der Waals surface area contributed by atoms with Crippen molar-refractivity contribution in [1.29, 1.82) is 0 Å². The van der Waals surface area contributed by atoms with E-state index in [0.717, 1.165) is 25.3 Å². The highest BCUT2D eigenvalue weighted by atomic mass is 16.2. The lowest BCUT2D eigenvalue weighted by Gasteiger charge is -2.28. The number of hydrogen-bond acceptors (Lipinski definition) is 2. The summed E-state index contributed by atoms with van der Waals surface area (Å²) < 4.78 is 0. The molecule has 0 radical (unpaired) electrons. The van der Waals surface area contributed by atoms with Crippen LogP contribution in [-0.2, 0) is 9.59 Å². The van der Waals surface area contributed by atoms with Gasteiger partial charge in [0.1, 0.15) is 6.04 Å². The molecule has 1 saturated heterocycles. The average Bonchev–Trinajstić information content (AvgIpc) is 2.91. The summed E-state index contributed by atoms with van der Waals surface area (Å²) in [6, 6.07) is -0.321. The van der Waals surface area contributed by atoms with E-state index in [1.807, 2.05) is 11.8 Å². The molecule has 0 aromatic rings. The summed E-state index contributed by atoms with van der Waals surface area (Å²) in [5.74, 6) is 1.14. The van der Waals surface area contributed by atoms with E-state index in [4.69, 9.17) is 0 Å². The zero-order valence-electron chi connectivity index (χ0n) is 12.9. The van der Waals surface area contributed by atoms with Crippen LogP contribution in [0.4, 0.5) is 0 Å². The first-order valence-corrected chi connectivity index (χ1v) is 8.20. The molecule has 0 aromatic heterocycles. The van der Waals surface area contributed by atoms with Crippen molar-refractivity contribution in [2.75, 3.05) is 13.1 Å². The van der Waals surface area contributed by atoms with Crippen LogP contribution in [0, 0.1) is 11.8 Å². The van der Waals surface area contributed by atoms with Crippen molar-refractivity contribution in [2.24, 2.45) is 11.8 Å². The van der Waals surface area contributed by atoms with Gasteiger partial charge in [-0.05, 0) is 18.3 Å². The fourth-order valence-electron chi connectivity index (χ4n) is 3.33. The SMILES string of the molecule is CCC(C)C1NC(=O)CCN(CCC2CCCC2)C1=O. The van der Waals surface area contributed by atoms with E-state index in [1.165, 1.54) is 25.7 Å². The Balaban J connectivity index is 1.95. The molecule has 20 heavy (non-hydrogen) atoms. The third-order valence-corrected chi connectivity index (χ3v) is 5.00. The van der Waals surface area contributed by atoms with Crippen molar-refractivity contribution in [3.05, 3.63) is 0 Å². The van der Waals surface area contributed by atoms with Crippen LogP contribution in [0.15, 0.2) is 0 Å². The highest BCUT2D eigenvalue weighted by Gasteiger charge is 2.33. The molecular weight excluding hydrogens is 252 g/mol. The number of hydrogen-bond donors (Lipinski definition) is 1. The predicted molar refractivity (Wildman–Crippen MR) is 79.2 cm³/mol. The lowest BCUT2D eigenvalue weighted by Crippen LogP contribution is -2.48. The smallest absolute Gasteiger partial charge is 0.245 e. The Morgan fingerprint density at radius 3 is 2.65 bits per heavy atom. The summed E-state index contributed by atoms with van der Waals surface area (Å²) in [6.45, 7) is 5.52. The highest BCUT2D eigenvalue weighted by molar-refractivity contribution is 5.90. The maximum atomic E-state index is 12.6. The molecule has 2 fully saturated rings. The van der Waals surface area contributed by atoms with E-state index in [-0.39, 0.29) is 23.8 Å². The van der Waals surface area contributed by atoms with Gasteiger partial charge in [0.25, 0.3) is 0 Å². The Bertz CT molecular complexity index is 350. The van der Waals surface area contributed by atoms with Crippen molar-refractivity contribution in [3.8, 4) is 0 Å². The lowest BCUT2D eigenvalue weighted by molar-refractivity contribution is -0.135. The van der Waals surface area contributed by atoms with Crippen LogP contribution in [-0.4, -0.2) is 35.8 Å². The largest absolute Gasteiger partial charge is 0.344 e. The second-order valence-corrected chi connectivity index (χ2v) is 6.45. The van der Waals surface area contributed by atoms with Crippen LogP contribution < -0.4 is 5.32 Å². The van der Waals surface area contributed by atoms with Gasteiger partial charge in [-0.3, -0.25) is 9.59 Å². The first-order valence-electron chi connectivity index (χ1n) is 8.20. The molecule has 2 atom stereocenters. The van der Waals surface area contributed by atoms with Gasteiger partial charge < -0.3 is 10.2 Å². The Hall–Kier alpha value is -1.06. The van der Waals surface area contributed by atoms with E-state index in [1.54, 1.807) is 0 Å². The molecule has 2 unspecified atom stereocenters. The maximum absolute atomic E-state index is 12.6. The third-order valence-electron chi connectivity index (χ3n) is 5.00. The van der Waals surface area contributed by atoms with Crippen molar-refractivity contribution >= 4 is 11.8 Å². The Labute approximate surface area is 122 Å². The van der Waals surface area contributed by atoms with Gasteiger partial charge in [0.2, 0.25) is 11.8 Å². The molecule has 2 amide bonds. The van der Waals surface area contributed by atoms with Crippen molar-refractivity contribution < 1.29 is 9.59 Å². The lowest BCUT2D eigenvalue weighted by atomic mass is 9.97. The first-order chi connectivity index (χ1) is 9.61. The minimum absolute atomic E-state index is 0.0204. The number of rotatable bonds is 5. The van der Waals surface area contributed by atoms with Crippen LogP contribution >= 0.6 is 0 Å². The highest BCUT2D eigenvalue weighted by Crippen LogP contribution is 2.28. The molecule has 1 aliphatic heterocycles. The molecule has 114 valence electrons. The van der Waals surface area contributed by atoms with Gasteiger partial charge in [-0.15, -0.1) is 0 Å². The second-order valence-electron chi connectivity index (χ2n) is 6.45. The quantitative estimate of drug-likeness (QED) is 0.840. The molecule has 0 bridgehead atoms. The molecule has 1 N–H and O–H groups in total. The fourth-order valence-corrected chi connectivity index (χ4v) is 3.33. The molecule has 2 aliphatic rings. The molecule has 4 nitrogen and oxygen atoms in total. The van der Waals surface area contributed by atoms with Gasteiger partial charge in [0, 0.05) is 19.5 Å².